The fourth-order valence-electron chi connectivity index (χ4n) is 1.96. The monoisotopic (exact) mass is 285 g/mol. The number of hydrogen-bond acceptors (Lipinski definition) is 5. The molecule has 20 heavy (non-hydrogen) atoms. The lowest BCUT2D eigenvalue weighted by Crippen LogP contribution is -2.12. The number of nitrogens with one attached hydrogen (secondary N) is 1. The molecule has 0 saturated carbocycles. The lowest BCUT2D eigenvalue weighted by atomic mass is 10.1. The Labute approximate surface area is 119 Å². The molecular weight excluding hydrogens is 274 g/mol. The third kappa shape index (κ3) is 2.21. The van der Waals surface area contributed by atoms with Crippen molar-refractivity contribution in [3.8, 4) is 5.75 Å². The maximum Gasteiger partial charge on any atom is 0.258 e. The van der Waals surface area contributed by atoms with Crippen molar-refractivity contribution >= 4 is 33.3 Å². The minimum atomic E-state index is -0.208. The van der Waals surface area contributed by atoms with Crippen molar-refractivity contribution in [2.75, 3.05) is 12.4 Å². The SMILES string of the molecule is COc1ccc(C(=O)Nc2nccs2)c2cccnc12. The van der Waals surface area contributed by atoms with Gasteiger partial charge in [0.15, 0.2) is 5.13 Å². The summed E-state index contributed by atoms with van der Waals surface area (Å²) in [5.41, 5.74) is 1.21. The van der Waals surface area contributed by atoms with E-state index in [0.717, 1.165) is 5.39 Å². The molecule has 2 heterocycles. The van der Waals surface area contributed by atoms with Crippen LogP contribution in [0.3, 0.4) is 0 Å². The van der Waals surface area contributed by atoms with Gasteiger partial charge in [-0.1, -0.05) is 6.07 Å². The van der Waals surface area contributed by atoms with Gasteiger partial charge in [-0.25, -0.2) is 4.98 Å². The fraction of sp³-hybridized carbons (Fsp3) is 0.0714. The topological polar surface area (TPSA) is 64.1 Å². The van der Waals surface area contributed by atoms with Crippen molar-refractivity contribution < 1.29 is 9.53 Å². The van der Waals surface area contributed by atoms with Crippen molar-refractivity contribution in [2.24, 2.45) is 0 Å². The first-order valence-corrected chi connectivity index (χ1v) is 6.80. The number of hydrogen-bond donors (Lipinski definition) is 1. The largest absolute Gasteiger partial charge is 0.494 e. The summed E-state index contributed by atoms with van der Waals surface area (Å²) < 4.78 is 5.26. The summed E-state index contributed by atoms with van der Waals surface area (Å²) in [4.78, 5) is 20.6. The Morgan fingerprint density at radius 3 is 2.90 bits per heavy atom. The zero-order chi connectivity index (χ0) is 13.9. The molecule has 2 aromatic heterocycles. The molecule has 3 rings (SSSR count). The van der Waals surface area contributed by atoms with Crippen molar-refractivity contribution in [3.63, 3.8) is 0 Å². The van der Waals surface area contributed by atoms with E-state index in [4.69, 9.17) is 4.74 Å². The van der Waals surface area contributed by atoms with Gasteiger partial charge in [0.25, 0.3) is 5.91 Å². The maximum atomic E-state index is 12.3. The molecule has 0 bridgehead atoms. The highest BCUT2D eigenvalue weighted by atomic mass is 32.1. The molecule has 1 amide bonds. The molecule has 0 unspecified atom stereocenters. The van der Waals surface area contributed by atoms with Crippen LogP contribution >= 0.6 is 11.3 Å². The van der Waals surface area contributed by atoms with E-state index in [1.807, 2.05) is 11.4 Å². The van der Waals surface area contributed by atoms with Gasteiger partial charge in [-0.05, 0) is 18.2 Å². The zero-order valence-electron chi connectivity index (χ0n) is 10.7. The Hall–Kier alpha value is -2.47. The fourth-order valence-corrected chi connectivity index (χ4v) is 2.48. The summed E-state index contributed by atoms with van der Waals surface area (Å²) in [6.07, 6.45) is 3.32. The van der Waals surface area contributed by atoms with E-state index in [1.54, 1.807) is 37.7 Å². The van der Waals surface area contributed by atoms with E-state index in [1.165, 1.54) is 11.3 Å². The molecule has 0 fully saturated rings. The molecule has 5 nitrogen and oxygen atoms in total. The number of benzene rings is 1. The molecule has 100 valence electrons. The summed E-state index contributed by atoms with van der Waals surface area (Å²) in [7, 11) is 1.58. The van der Waals surface area contributed by atoms with E-state index in [2.05, 4.69) is 15.3 Å². The third-order valence-electron chi connectivity index (χ3n) is 2.85. The average molecular weight is 285 g/mol. The van der Waals surface area contributed by atoms with Crippen molar-refractivity contribution in [1.82, 2.24) is 9.97 Å². The first-order valence-electron chi connectivity index (χ1n) is 5.92. The van der Waals surface area contributed by atoms with Crippen LogP contribution in [0, 0.1) is 0 Å². The number of nitrogens with zero attached hydrogens (tertiary/aromatic N) is 2. The highest BCUT2D eigenvalue weighted by Gasteiger charge is 2.14. The van der Waals surface area contributed by atoms with E-state index >= 15 is 0 Å². The van der Waals surface area contributed by atoms with Crippen LogP contribution in [0.1, 0.15) is 10.4 Å². The van der Waals surface area contributed by atoms with Gasteiger partial charge in [0, 0.05) is 28.7 Å². The highest BCUT2D eigenvalue weighted by Crippen LogP contribution is 2.27. The minimum absolute atomic E-state index is 0.208. The quantitative estimate of drug-likeness (QED) is 0.803. The molecule has 0 spiro atoms. The number of fused-ring (bicyclic) bond motifs is 1. The second kappa shape index (κ2) is 5.26. The Bertz CT molecular complexity index is 756. The van der Waals surface area contributed by atoms with Gasteiger partial charge in [-0.3, -0.25) is 15.1 Å². The van der Waals surface area contributed by atoms with Gasteiger partial charge in [0.1, 0.15) is 11.3 Å². The van der Waals surface area contributed by atoms with Gasteiger partial charge in [0.2, 0.25) is 0 Å². The van der Waals surface area contributed by atoms with E-state index in [0.29, 0.717) is 22.0 Å². The number of carbonyl (C=O) groups excluding carboxylic acids is 1. The number of pyridine rings is 1. The molecule has 1 N–H and O–H groups in total. The average Bonchev–Trinajstić information content (AvgIpc) is 2.99. The summed E-state index contributed by atoms with van der Waals surface area (Å²) in [5.74, 6) is 0.437. The van der Waals surface area contributed by atoms with Crippen LogP contribution < -0.4 is 10.1 Å². The number of rotatable bonds is 3. The smallest absolute Gasteiger partial charge is 0.258 e. The third-order valence-corrected chi connectivity index (χ3v) is 3.54. The summed E-state index contributed by atoms with van der Waals surface area (Å²) in [6.45, 7) is 0. The number of aromatic nitrogens is 2. The Balaban J connectivity index is 2.05. The van der Waals surface area contributed by atoms with Gasteiger partial charge in [0.05, 0.1) is 7.11 Å². The molecule has 0 radical (unpaired) electrons. The minimum Gasteiger partial charge on any atom is -0.494 e. The Morgan fingerprint density at radius 2 is 2.15 bits per heavy atom. The van der Waals surface area contributed by atoms with Crippen LogP contribution in [0.2, 0.25) is 0 Å². The van der Waals surface area contributed by atoms with E-state index in [9.17, 15) is 4.79 Å². The van der Waals surface area contributed by atoms with Crippen LogP contribution in [0.25, 0.3) is 10.9 Å². The second-order valence-electron chi connectivity index (χ2n) is 4.01. The number of methoxy groups -OCH3 is 1. The molecule has 0 aliphatic heterocycles. The lowest BCUT2D eigenvalue weighted by Gasteiger charge is -2.09. The number of ether oxygens (including phenoxy) is 1. The van der Waals surface area contributed by atoms with Crippen molar-refractivity contribution in [2.45, 2.75) is 0 Å². The van der Waals surface area contributed by atoms with E-state index in [-0.39, 0.29) is 5.91 Å². The summed E-state index contributed by atoms with van der Waals surface area (Å²) >= 11 is 1.38. The predicted molar refractivity (Wildman–Crippen MR) is 78.4 cm³/mol. The van der Waals surface area contributed by atoms with Crippen molar-refractivity contribution in [1.29, 1.82) is 0 Å². The molecule has 0 atom stereocenters. The molecule has 3 aromatic rings. The van der Waals surface area contributed by atoms with Gasteiger partial charge in [-0.2, -0.15) is 0 Å². The number of thiazole rings is 1. The number of anilines is 1. The molecule has 6 heteroatoms. The van der Waals surface area contributed by atoms with Gasteiger partial charge >= 0.3 is 0 Å². The second-order valence-corrected chi connectivity index (χ2v) is 4.90. The van der Waals surface area contributed by atoms with Crippen LogP contribution in [0.5, 0.6) is 5.75 Å². The normalized spacial score (nSPS) is 10.4. The first kappa shape index (κ1) is 12.6. The van der Waals surface area contributed by atoms with Crippen LogP contribution in [0.15, 0.2) is 42.0 Å². The molecule has 0 saturated heterocycles. The molecule has 0 aliphatic rings. The molecule has 1 aromatic carbocycles. The standard InChI is InChI=1S/C14H11N3O2S/c1-19-11-5-4-10(9-3-2-6-15-12(9)11)13(18)17-14-16-7-8-20-14/h2-8H,1H3,(H,16,17,18). The number of carbonyl (C=O) groups is 1. The van der Waals surface area contributed by atoms with Crippen LogP contribution in [-0.2, 0) is 0 Å². The highest BCUT2D eigenvalue weighted by molar-refractivity contribution is 7.13. The van der Waals surface area contributed by atoms with Gasteiger partial charge < -0.3 is 4.74 Å². The Morgan fingerprint density at radius 1 is 1.25 bits per heavy atom. The molecule has 0 aliphatic carbocycles. The van der Waals surface area contributed by atoms with Crippen LogP contribution in [-0.4, -0.2) is 23.0 Å². The lowest BCUT2D eigenvalue weighted by molar-refractivity contribution is 0.102. The zero-order valence-corrected chi connectivity index (χ0v) is 11.5. The first-order chi connectivity index (χ1) is 9.79. The predicted octanol–water partition coefficient (Wildman–Crippen LogP) is 2.95. The van der Waals surface area contributed by atoms with Gasteiger partial charge in [-0.15, -0.1) is 11.3 Å². The number of amides is 1. The van der Waals surface area contributed by atoms with Crippen LogP contribution in [0.4, 0.5) is 5.13 Å². The maximum absolute atomic E-state index is 12.3. The van der Waals surface area contributed by atoms with E-state index < -0.39 is 0 Å². The summed E-state index contributed by atoms with van der Waals surface area (Å²) in [5, 5.41) is 5.90. The Kier molecular flexibility index (Phi) is 3.30. The molecular formula is C14H11N3O2S. The van der Waals surface area contributed by atoms with Crippen molar-refractivity contribution in [3.05, 3.63) is 47.6 Å². The summed E-state index contributed by atoms with van der Waals surface area (Å²) in [6, 6.07) is 7.11.